The fourth-order valence-electron chi connectivity index (χ4n) is 0.761. The van der Waals surface area contributed by atoms with Crippen molar-refractivity contribution in [1.29, 1.82) is 0 Å². The van der Waals surface area contributed by atoms with Crippen LogP contribution in [-0.4, -0.2) is 11.1 Å². The fourth-order valence-corrected chi connectivity index (χ4v) is 0.761. The van der Waals surface area contributed by atoms with Crippen LogP contribution in [0.25, 0.3) is 0 Å². The normalized spacial score (nSPS) is 9.42. The molecule has 0 saturated carbocycles. The third-order valence-corrected chi connectivity index (χ3v) is 1.29. The molecule has 0 saturated heterocycles. The minimum absolute atomic E-state index is 0.300. The van der Waals surface area contributed by atoms with Crippen molar-refractivity contribution in [3.8, 4) is 0 Å². The van der Waals surface area contributed by atoms with E-state index in [0.29, 0.717) is 0 Å². The maximum atomic E-state index is 12.4. The summed E-state index contributed by atoms with van der Waals surface area (Å²) < 4.78 is 12.4. The molecule has 0 spiro atoms. The molecule has 12 heavy (non-hydrogen) atoms. The Bertz CT molecular complexity index is 337. The first-order valence-corrected chi connectivity index (χ1v) is 3.01. The molecule has 0 aromatic heterocycles. The molecule has 5 heteroatoms. The number of aromatic carboxylic acids is 1. The van der Waals surface area contributed by atoms with Gasteiger partial charge >= 0.3 is 5.97 Å². The summed E-state index contributed by atoms with van der Waals surface area (Å²) in [4.78, 5) is 20.4. The number of benzene rings is 1. The van der Waals surface area contributed by atoms with Gasteiger partial charge in [-0.1, -0.05) is 0 Å². The molecule has 0 amide bonds. The number of halogens is 1. The Kier molecular flexibility index (Phi) is 2.14. The van der Waals surface area contributed by atoms with Crippen LogP contribution in [0, 0.1) is 10.7 Å². The average Bonchev–Trinajstić information content (AvgIpc) is 2.03. The van der Waals surface area contributed by atoms with Crippen LogP contribution >= 0.6 is 0 Å². The van der Waals surface area contributed by atoms with E-state index in [0.717, 1.165) is 18.2 Å². The SMILES string of the molecule is O=Nc1cc(F)ccc1C(=O)O. The Labute approximate surface area is 66.6 Å². The van der Waals surface area contributed by atoms with Crippen molar-refractivity contribution in [2.24, 2.45) is 5.18 Å². The van der Waals surface area contributed by atoms with Gasteiger partial charge in [-0.25, -0.2) is 9.18 Å². The molecule has 0 heterocycles. The van der Waals surface area contributed by atoms with Gasteiger partial charge in [0.05, 0.1) is 5.56 Å². The minimum atomic E-state index is -1.30. The molecular weight excluding hydrogens is 165 g/mol. The zero-order chi connectivity index (χ0) is 9.14. The van der Waals surface area contributed by atoms with E-state index in [2.05, 4.69) is 5.18 Å². The molecule has 1 rings (SSSR count). The van der Waals surface area contributed by atoms with Gasteiger partial charge in [-0.05, 0) is 17.3 Å². The van der Waals surface area contributed by atoms with E-state index >= 15 is 0 Å². The van der Waals surface area contributed by atoms with E-state index in [4.69, 9.17) is 5.11 Å². The largest absolute Gasteiger partial charge is 0.478 e. The van der Waals surface area contributed by atoms with Crippen LogP contribution in [0.1, 0.15) is 10.4 Å². The lowest BCUT2D eigenvalue weighted by molar-refractivity contribution is 0.0698. The van der Waals surface area contributed by atoms with E-state index < -0.39 is 17.5 Å². The summed E-state index contributed by atoms with van der Waals surface area (Å²) in [7, 11) is 0. The Hall–Kier alpha value is -1.78. The standard InChI is InChI=1S/C7H4FNO3/c8-4-1-2-5(7(10)11)6(3-4)9-12/h1-3H,(H,10,11). The first-order chi connectivity index (χ1) is 5.65. The zero-order valence-corrected chi connectivity index (χ0v) is 5.82. The van der Waals surface area contributed by atoms with E-state index in [-0.39, 0.29) is 5.56 Å². The highest BCUT2D eigenvalue weighted by molar-refractivity contribution is 5.93. The predicted molar refractivity (Wildman–Crippen MR) is 38.8 cm³/mol. The molecule has 0 unspecified atom stereocenters. The minimum Gasteiger partial charge on any atom is -0.478 e. The Morgan fingerprint density at radius 3 is 2.67 bits per heavy atom. The average molecular weight is 169 g/mol. The van der Waals surface area contributed by atoms with E-state index in [1.807, 2.05) is 0 Å². The van der Waals surface area contributed by atoms with Gasteiger partial charge < -0.3 is 5.11 Å². The van der Waals surface area contributed by atoms with Crippen molar-refractivity contribution in [3.05, 3.63) is 34.5 Å². The maximum Gasteiger partial charge on any atom is 0.338 e. The van der Waals surface area contributed by atoms with Gasteiger partial charge in [0, 0.05) is 6.07 Å². The second kappa shape index (κ2) is 3.08. The predicted octanol–water partition coefficient (Wildman–Crippen LogP) is 1.92. The van der Waals surface area contributed by atoms with Crippen LogP contribution in [0.3, 0.4) is 0 Å². The molecular formula is C7H4FNO3. The number of nitrogens with zero attached hydrogens (tertiary/aromatic N) is 1. The zero-order valence-electron chi connectivity index (χ0n) is 5.82. The molecule has 0 aliphatic rings. The molecule has 0 aliphatic heterocycles. The first-order valence-electron chi connectivity index (χ1n) is 3.01. The van der Waals surface area contributed by atoms with Crippen molar-refractivity contribution in [2.45, 2.75) is 0 Å². The van der Waals surface area contributed by atoms with Gasteiger partial charge in [0.25, 0.3) is 0 Å². The number of nitroso groups, excluding NO2 is 1. The summed E-state index contributed by atoms with van der Waals surface area (Å²) in [5.41, 5.74) is -0.700. The van der Waals surface area contributed by atoms with Crippen LogP contribution in [0.15, 0.2) is 23.4 Å². The summed E-state index contributed by atoms with van der Waals surface area (Å²) >= 11 is 0. The molecule has 62 valence electrons. The van der Waals surface area contributed by atoms with Crippen LogP contribution in [0.4, 0.5) is 10.1 Å². The molecule has 1 aromatic carbocycles. The number of hydrogen-bond donors (Lipinski definition) is 1. The monoisotopic (exact) mass is 169 g/mol. The maximum absolute atomic E-state index is 12.4. The Balaban J connectivity index is 3.29. The van der Waals surface area contributed by atoms with Crippen LogP contribution < -0.4 is 0 Å². The van der Waals surface area contributed by atoms with Gasteiger partial charge in [-0.3, -0.25) is 0 Å². The summed E-state index contributed by atoms with van der Waals surface area (Å²) in [5, 5.41) is 10.8. The smallest absolute Gasteiger partial charge is 0.338 e. The highest BCUT2D eigenvalue weighted by Crippen LogP contribution is 2.19. The molecule has 0 fully saturated rings. The second-order valence-electron chi connectivity index (χ2n) is 2.06. The highest BCUT2D eigenvalue weighted by Gasteiger charge is 2.10. The fraction of sp³-hybridized carbons (Fsp3) is 0. The summed E-state index contributed by atoms with van der Waals surface area (Å²) in [6.45, 7) is 0. The van der Waals surface area contributed by atoms with Gasteiger partial charge in [-0.15, -0.1) is 4.91 Å². The lowest BCUT2D eigenvalue weighted by atomic mass is 10.2. The third kappa shape index (κ3) is 1.45. The molecule has 1 aromatic rings. The molecule has 0 aliphatic carbocycles. The lowest BCUT2D eigenvalue weighted by Gasteiger charge is -1.95. The second-order valence-corrected chi connectivity index (χ2v) is 2.06. The quantitative estimate of drug-likeness (QED) is 0.687. The van der Waals surface area contributed by atoms with Crippen molar-refractivity contribution >= 4 is 11.7 Å². The van der Waals surface area contributed by atoms with Crippen LogP contribution in [-0.2, 0) is 0 Å². The number of rotatable bonds is 2. The van der Waals surface area contributed by atoms with E-state index in [1.54, 1.807) is 0 Å². The van der Waals surface area contributed by atoms with Gasteiger partial charge in [0.15, 0.2) is 0 Å². The van der Waals surface area contributed by atoms with Crippen molar-refractivity contribution < 1.29 is 14.3 Å². The highest BCUT2D eigenvalue weighted by atomic mass is 19.1. The molecule has 0 radical (unpaired) electrons. The summed E-state index contributed by atoms with van der Waals surface area (Å²) in [5.74, 6) is -1.99. The summed E-state index contributed by atoms with van der Waals surface area (Å²) in [6, 6.07) is 2.73. The number of hydrogen-bond acceptors (Lipinski definition) is 3. The van der Waals surface area contributed by atoms with Crippen LogP contribution in [0.5, 0.6) is 0 Å². The van der Waals surface area contributed by atoms with Crippen LogP contribution in [0.2, 0.25) is 0 Å². The Morgan fingerprint density at radius 1 is 1.50 bits per heavy atom. The molecule has 1 N–H and O–H groups in total. The van der Waals surface area contributed by atoms with E-state index in [1.165, 1.54) is 0 Å². The topological polar surface area (TPSA) is 66.7 Å². The van der Waals surface area contributed by atoms with Crippen molar-refractivity contribution in [1.82, 2.24) is 0 Å². The van der Waals surface area contributed by atoms with Gasteiger partial charge in [0.1, 0.15) is 11.5 Å². The van der Waals surface area contributed by atoms with E-state index in [9.17, 15) is 14.1 Å². The van der Waals surface area contributed by atoms with Gasteiger partial charge in [0.2, 0.25) is 0 Å². The summed E-state index contributed by atoms with van der Waals surface area (Å²) in [6.07, 6.45) is 0. The number of carbonyl (C=O) groups is 1. The molecule has 0 bridgehead atoms. The first kappa shape index (κ1) is 8.32. The number of carboxylic acid groups (broad SMARTS) is 1. The lowest BCUT2D eigenvalue weighted by Crippen LogP contribution is -1.96. The third-order valence-electron chi connectivity index (χ3n) is 1.29. The van der Waals surface area contributed by atoms with Gasteiger partial charge in [-0.2, -0.15) is 0 Å². The Morgan fingerprint density at radius 2 is 2.17 bits per heavy atom. The molecule has 0 atom stereocenters. The number of carboxylic acids is 1. The molecule has 4 nitrogen and oxygen atoms in total. The van der Waals surface area contributed by atoms with Crippen molar-refractivity contribution in [3.63, 3.8) is 0 Å². The van der Waals surface area contributed by atoms with Crippen molar-refractivity contribution in [2.75, 3.05) is 0 Å².